The Morgan fingerprint density at radius 1 is 1.60 bits per heavy atom. The number of likely N-dealkylation sites (tertiary alicyclic amines) is 1. The Labute approximate surface area is 61.8 Å². The molecule has 10 heavy (non-hydrogen) atoms. The van der Waals surface area contributed by atoms with E-state index < -0.39 is 0 Å². The molecule has 2 heteroatoms. The highest BCUT2D eigenvalue weighted by Gasteiger charge is 2.53. The van der Waals surface area contributed by atoms with Gasteiger partial charge in [-0.25, -0.2) is 0 Å². The highest BCUT2D eigenvalue weighted by atomic mass is 16.3. The smallest absolute Gasteiger partial charge is 0.0477 e. The van der Waals surface area contributed by atoms with E-state index in [2.05, 4.69) is 11.9 Å². The molecule has 1 spiro atoms. The molecule has 1 saturated carbocycles. The Morgan fingerprint density at radius 2 is 2.30 bits per heavy atom. The molecule has 2 nitrogen and oxygen atoms in total. The zero-order valence-corrected chi connectivity index (χ0v) is 6.51. The fourth-order valence-electron chi connectivity index (χ4n) is 2.28. The minimum absolute atomic E-state index is 0.393. The molecular formula is C8H15NO. The lowest BCUT2D eigenvalue weighted by Gasteiger charge is -2.12. The summed E-state index contributed by atoms with van der Waals surface area (Å²) in [7, 11) is 2.15. The lowest BCUT2D eigenvalue weighted by Crippen LogP contribution is -2.17. The molecule has 1 atom stereocenters. The Morgan fingerprint density at radius 3 is 2.70 bits per heavy atom. The van der Waals surface area contributed by atoms with Crippen LogP contribution in [0, 0.1) is 11.3 Å². The number of hydrogen-bond donors (Lipinski definition) is 1. The minimum atomic E-state index is 0.393. The second-order valence-corrected chi connectivity index (χ2v) is 3.94. The average Bonchev–Trinajstić information content (AvgIpc) is 2.55. The largest absolute Gasteiger partial charge is 0.396 e. The van der Waals surface area contributed by atoms with Gasteiger partial charge in [-0.1, -0.05) is 0 Å². The molecule has 0 radical (unpaired) electrons. The van der Waals surface area contributed by atoms with Gasteiger partial charge in [0.05, 0.1) is 0 Å². The number of hydrogen-bond acceptors (Lipinski definition) is 2. The molecule has 2 aliphatic rings. The lowest BCUT2D eigenvalue weighted by atomic mass is 9.94. The molecule has 0 aromatic carbocycles. The van der Waals surface area contributed by atoms with Crippen LogP contribution in [0.25, 0.3) is 0 Å². The summed E-state index contributed by atoms with van der Waals surface area (Å²) >= 11 is 0. The number of aliphatic hydroxyl groups excluding tert-OH is 1. The normalized spacial score (nSPS) is 37.2. The van der Waals surface area contributed by atoms with E-state index in [9.17, 15) is 0 Å². The number of rotatable bonds is 1. The molecule has 0 bridgehead atoms. The van der Waals surface area contributed by atoms with Crippen LogP contribution in [0.15, 0.2) is 0 Å². The van der Waals surface area contributed by atoms with E-state index in [4.69, 9.17) is 5.11 Å². The van der Waals surface area contributed by atoms with Crippen LogP contribution in [0.3, 0.4) is 0 Å². The third kappa shape index (κ3) is 0.789. The van der Waals surface area contributed by atoms with E-state index >= 15 is 0 Å². The molecule has 1 aliphatic carbocycles. The standard InChI is InChI=1S/C8H15NO/c1-9-4-7(5-10)8(6-9)2-3-8/h7,10H,2-6H2,1H3. The van der Waals surface area contributed by atoms with Crippen LogP contribution in [0.1, 0.15) is 12.8 Å². The van der Waals surface area contributed by atoms with Crippen LogP contribution in [0.4, 0.5) is 0 Å². The fraction of sp³-hybridized carbons (Fsp3) is 1.00. The van der Waals surface area contributed by atoms with Crippen molar-refractivity contribution in [1.82, 2.24) is 4.90 Å². The maximum absolute atomic E-state index is 9.03. The van der Waals surface area contributed by atoms with Gasteiger partial charge in [0.2, 0.25) is 0 Å². The fourth-order valence-corrected chi connectivity index (χ4v) is 2.28. The Bertz CT molecular complexity index is 142. The molecule has 1 unspecified atom stereocenters. The molecule has 1 aliphatic heterocycles. The maximum Gasteiger partial charge on any atom is 0.0477 e. The third-order valence-electron chi connectivity index (χ3n) is 3.10. The van der Waals surface area contributed by atoms with Crippen molar-refractivity contribution in [3.05, 3.63) is 0 Å². The summed E-state index contributed by atoms with van der Waals surface area (Å²) in [6.45, 7) is 2.72. The van der Waals surface area contributed by atoms with Crippen molar-refractivity contribution in [2.45, 2.75) is 12.8 Å². The van der Waals surface area contributed by atoms with Gasteiger partial charge in [0, 0.05) is 25.6 Å². The van der Waals surface area contributed by atoms with Crippen molar-refractivity contribution in [3.63, 3.8) is 0 Å². The molecule has 0 aromatic rings. The van der Waals surface area contributed by atoms with Crippen molar-refractivity contribution in [1.29, 1.82) is 0 Å². The first-order chi connectivity index (χ1) is 4.77. The molecule has 1 heterocycles. The van der Waals surface area contributed by atoms with Crippen LogP contribution in [0.2, 0.25) is 0 Å². The second kappa shape index (κ2) is 1.95. The van der Waals surface area contributed by atoms with E-state index in [0.29, 0.717) is 17.9 Å². The first-order valence-electron chi connectivity index (χ1n) is 4.06. The summed E-state index contributed by atoms with van der Waals surface area (Å²) in [5.74, 6) is 0.581. The minimum Gasteiger partial charge on any atom is -0.396 e. The summed E-state index contributed by atoms with van der Waals surface area (Å²) in [6, 6.07) is 0. The molecule has 2 rings (SSSR count). The van der Waals surface area contributed by atoms with Gasteiger partial charge in [-0.2, -0.15) is 0 Å². The Balaban J connectivity index is 2.06. The van der Waals surface area contributed by atoms with E-state index in [-0.39, 0.29) is 0 Å². The van der Waals surface area contributed by atoms with Crippen molar-refractivity contribution < 1.29 is 5.11 Å². The van der Waals surface area contributed by atoms with Gasteiger partial charge < -0.3 is 10.0 Å². The maximum atomic E-state index is 9.03. The van der Waals surface area contributed by atoms with Gasteiger partial charge >= 0.3 is 0 Å². The molecule has 0 aromatic heterocycles. The first-order valence-corrected chi connectivity index (χ1v) is 4.06. The molecule has 2 fully saturated rings. The van der Waals surface area contributed by atoms with Gasteiger partial charge in [0.15, 0.2) is 0 Å². The van der Waals surface area contributed by atoms with Crippen LogP contribution >= 0.6 is 0 Å². The monoisotopic (exact) mass is 141 g/mol. The van der Waals surface area contributed by atoms with Gasteiger partial charge in [-0.3, -0.25) is 0 Å². The van der Waals surface area contributed by atoms with E-state index in [1.165, 1.54) is 19.4 Å². The van der Waals surface area contributed by atoms with E-state index in [1.807, 2.05) is 0 Å². The molecule has 1 saturated heterocycles. The third-order valence-corrected chi connectivity index (χ3v) is 3.10. The van der Waals surface area contributed by atoms with Crippen molar-refractivity contribution in [2.75, 3.05) is 26.7 Å². The molecular weight excluding hydrogens is 126 g/mol. The summed E-state index contributed by atoms with van der Waals surface area (Å²) in [4.78, 5) is 2.34. The Hall–Kier alpha value is -0.0800. The molecule has 0 amide bonds. The van der Waals surface area contributed by atoms with Gasteiger partial charge in [-0.05, 0) is 25.3 Å². The van der Waals surface area contributed by atoms with Crippen LogP contribution in [-0.2, 0) is 0 Å². The van der Waals surface area contributed by atoms with E-state index in [1.54, 1.807) is 0 Å². The predicted molar refractivity (Wildman–Crippen MR) is 39.7 cm³/mol. The number of aliphatic hydroxyl groups is 1. The van der Waals surface area contributed by atoms with Crippen LogP contribution < -0.4 is 0 Å². The quantitative estimate of drug-likeness (QED) is 0.568. The SMILES string of the molecule is CN1CC(CO)C2(CC2)C1. The summed E-state index contributed by atoms with van der Waals surface area (Å²) in [5, 5.41) is 9.03. The van der Waals surface area contributed by atoms with Crippen molar-refractivity contribution >= 4 is 0 Å². The lowest BCUT2D eigenvalue weighted by molar-refractivity contribution is 0.194. The van der Waals surface area contributed by atoms with Crippen LogP contribution in [0.5, 0.6) is 0 Å². The topological polar surface area (TPSA) is 23.5 Å². The number of nitrogens with zero attached hydrogens (tertiary/aromatic N) is 1. The Kier molecular flexibility index (Phi) is 1.29. The van der Waals surface area contributed by atoms with E-state index in [0.717, 1.165) is 6.54 Å². The van der Waals surface area contributed by atoms with Gasteiger partial charge in [0.1, 0.15) is 0 Å². The van der Waals surface area contributed by atoms with Crippen molar-refractivity contribution in [3.8, 4) is 0 Å². The highest BCUT2D eigenvalue weighted by Crippen LogP contribution is 2.55. The zero-order valence-electron chi connectivity index (χ0n) is 6.51. The molecule has 1 N–H and O–H groups in total. The first kappa shape index (κ1) is 6.62. The summed E-state index contributed by atoms with van der Waals surface area (Å²) in [6.07, 6.45) is 2.70. The summed E-state index contributed by atoms with van der Waals surface area (Å²) < 4.78 is 0. The highest BCUT2D eigenvalue weighted by molar-refractivity contribution is 5.04. The summed E-state index contributed by atoms with van der Waals surface area (Å²) in [5.41, 5.74) is 0.559. The second-order valence-electron chi connectivity index (χ2n) is 3.94. The van der Waals surface area contributed by atoms with Gasteiger partial charge in [0.25, 0.3) is 0 Å². The predicted octanol–water partition coefficient (Wildman–Crippen LogP) is 0.320. The average molecular weight is 141 g/mol. The zero-order chi connectivity index (χ0) is 7.19. The van der Waals surface area contributed by atoms with Crippen molar-refractivity contribution in [2.24, 2.45) is 11.3 Å². The van der Waals surface area contributed by atoms with Gasteiger partial charge in [-0.15, -0.1) is 0 Å². The molecule has 58 valence electrons. The van der Waals surface area contributed by atoms with Crippen LogP contribution in [-0.4, -0.2) is 36.8 Å².